The van der Waals surface area contributed by atoms with E-state index in [1.54, 1.807) is 7.11 Å². The smallest absolute Gasteiger partial charge is 0.185 e. The summed E-state index contributed by atoms with van der Waals surface area (Å²) in [5.41, 5.74) is 2.19. The minimum absolute atomic E-state index is 0.824. The van der Waals surface area contributed by atoms with Gasteiger partial charge in [-0.05, 0) is 37.6 Å². The van der Waals surface area contributed by atoms with Gasteiger partial charge < -0.3 is 9.64 Å². The highest BCUT2D eigenvalue weighted by Gasteiger charge is 2.16. The van der Waals surface area contributed by atoms with Gasteiger partial charge in [-0.3, -0.25) is 9.88 Å². The molecule has 1 aromatic carbocycles. The molecule has 0 bridgehead atoms. The number of methoxy groups -OCH3 is 1. The Morgan fingerprint density at radius 3 is 2.81 bits per heavy atom. The Balaban J connectivity index is 1.48. The first-order chi connectivity index (χ1) is 12.7. The average Bonchev–Trinajstić information content (AvgIpc) is 3.33. The third-order valence-corrected chi connectivity index (χ3v) is 5.87. The third kappa shape index (κ3) is 3.52. The second-order valence-corrected chi connectivity index (χ2v) is 7.90. The van der Waals surface area contributed by atoms with E-state index in [1.165, 1.54) is 28.4 Å². The zero-order chi connectivity index (χ0) is 17.9. The van der Waals surface area contributed by atoms with Crippen LogP contribution in [0.2, 0.25) is 0 Å². The molecule has 0 saturated carbocycles. The Labute approximate surface area is 158 Å². The highest BCUT2D eigenvalue weighted by Crippen LogP contribution is 2.29. The van der Waals surface area contributed by atoms with Crippen LogP contribution in [0.5, 0.6) is 5.75 Å². The Kier molecular flexibility index (Phi) is 5.04. The number of hydrogen-bond acceptors (Lipinski definition) is 6. The lowest BCUT2D eigenvalue weighted by Crippen LogP contribution is -2.17. The number of nitrogens with zero attached hydrogens (tertiary/aromatic N) is 4. The van der Waals surface area contributed by atoms with Crippen molar-refractivity contribution in [1.29, 1.82) is 0 Å². The van der Waals surface area contributed by atoms with Gasteiger partial charge in [0.1, 0.15) is 11.3 Å². The number of anilines is 1. The topological polar surface area (TPSA) is 41.5 Å². The number of rotatable bonds is 6. The van der Waals surface area contributed by atoms with Crippen LogP contribution in [0.1, 0.15) is 23.3 Å². The van der Waals surface area contributed by atoms with Gasteiger partial charge >= 0.3 is 0 Å². The van der Waals surface area contributed by atoms with Crippen LogP contribution in [0.4, 0.5) is 5.13 Å². The van der Waals surface area contributed by atoms with E-state index in [0.717, 1.165) is 42.8 Å². The van der Waals surface area contributed by atoms with E-state index in [9.17, 15) is 0 Å². The van der Waals surface area contributed by atoms with Crippen LogP contribution in [0.25, 0.3) is 10.9 Å². The van der Waals surface area contributed by atoms with Crippen molar-refractivity contribution >= 4 is 27.4 Å². The predicted molar refractivity (Wildman–Crippen MR) is 107 cm³/mol. The molecule has 6 heteroatoms. The van der Waals surface area contributed by atoms with Gasteiger partial charge in [-0.1, -0.05) is 12.1 Å². The lowest BCUT2D eigenvalue weighted by molar-refractivity contribution is 0.323. The number of fused-ring (bicyclic) bond motifs is 1. The Bertz CT molecular complexity index is 888. The summed E-state index contributed by atoms with van der Waals surface area (Å²) in [7, 11) is 3.85. The molecular formula is C20H24N4OS. The third-order valence-electron chi connectivity index (χ3n) is 4.83. The minimum atomic E-state index is 0.824. The lowest BCUT2D eigenvalue weighted by atomic mass is 10.1. The fourth-order valence-electron chi connectivity index (χ4n) is 3.55. The fraction of sp³-hybridized carbons (Fsp3) is 0.400. The van der Waals surface area contributed by atoms with Gasteiger partial charge in [-0.25, -0.2) is 4.98 Å². The molecule has 3 aromatic rings. The van der Waals surface area contributed by atoms with Gasteiger partial charge in [0, 0.05) is 48.8 Å². The lowest BCUT2D eigenvalue weighted by Gasteiger charge is -2.17. The maximum absolute atomic E-state index is 5.45. The molecule has 3 heterocycles. The molecule has 0 radical (unpaired) electrons. The molecule has 136 valence electrons. The maximum Gasteiger partial charge on any atom is 0.185 e. The van der Waals surface area contributed by atoms with E-state index in [4.69, 9.17) is 4.74 Å². The molecule has 5 nitrogen and oxygen atoms in total. The first-order valence-corrected chi connectivity index (χ1v) is 9.85. The molecule has 0 aliphatic carbocycles. The summed E-state index contributed by atoms with van der Waals surface area (Å²) < 4.78 is 5.45. The van der Waals surface area contributed by atoms with Gasteiger partial charge in [0.15, 0.2) is 5.13 Å². The van der Waals surface area contributed by atoms with Crippen LogP contribution in [-0.4, -0.2) is 42.1 Å². The van der Waals surface area contributed by atoms with E-state index < -0.39 is 0 Å². The van der Waals surface area contributed by atoms with Crippen molar-refractivity contribution in [2.75, 3.05) is 32.1 Å². The van der Waals surface area contributed by atoms with E-state index in [1.807, 2.05) is 35.9 Å². The highest BCUT2D eigenvalue weighted by atomic mass is 32.1. The summed E-state index contributed by atoms with van der Waals surface area (Å²) in [6.07, 6.45) is 6.42. The first-order valence-electron chi connectivity index (χ1n) is 9.03. The molecule has 0 amide bonds. The standard InChI is InChI=1S/C20H24N4OS/c1-23(14-16-12-22-20(26-16)24-10-3-4-11-24)13-15-7-8-18(25-2)19-17(15)6-5-9-21-19/h5-9,12H,3-4,10-11,13-14H2,1-2H3. The molecule has 0 N–H and O–H groups in total. The largest absolute Gasteiger partial charge is 0.494 e. The molecule has 0 atom stereocenters. The van der Waals surface area contributed by atoms with E-state index >= 15 is 0 Å². The number of thiazole rings is 1. The van der Waals surface area contributed by atoms with Crippen LogP contribution >= 0.6 is 11.3 Å². The molecular weight excluding hydrogens is 344 g/mol. The van der Waals surface area contributed by atoms with Crippen molar-refractivity contribution in [1.82, 2.24) is 14.9 Å². The molecule has 1 aliphatic rings. The minimum Gasteiger partial charge on any atom is -0.494 e. The molecule has 2 aromatic heterocycles. The number of aromatic nitrogens is 2. The molecule has 1 saturated heterocycles. The normalized spacial score (nSPS) is 14.5. The summed E-state index contributed by atoms with van der Waals surface area (Å²) in [5.74, 6) is 0.824. The SMILES string of the molecule is COc1ccc(CN(C)Cc2cnc(N3CCCC3)s2)c2cccnc12. The molecule has 1 aliphatic heterocycles. The van der Waals surface area contributed by atoms with Crippen molar-refractivity contribution < 1.29 is 4.74 Å². The first kappa shape index (κ1) is 17.2. The van der Waals surface area contributed by atoms with Crippen LogP contribution in [0.15, 0.2) is 36.7 Å². The second-order valence-electron chi connectivity index (χ2n) is 6.80. The summed E-state index contributed by atoms with van der Waals surface area (Å²) >= 11 is 1.82. The van der Waals surface area contributed by atoms with Crippen molar-refractivity contribution in [2.24, 2.45) is 0 Å². The fourth-order valence-corrected chi connectivity index (χ4v) is 4.59. The zero-order valence-corrected chi connectivity index (χ0v) is 16.1. The zero-order valence-electron chi connectivity index (χ0n) is 15.3. The van der Waals surface area contributed by atoms with Crippen LogP contribution in [-0.2, 0) is 13.1 Å². The van der Waals surface area contributed by atoms with Gasteiger partial charge in [0.2, 0.25) is 0 Å². The van der Waals surface area contributed by atoms with E-state index in [-0.39, 0.29) is 0 Å². The molecule has 4 rings (SSSR count). The second kappa shape index (κ2) is 7.60. The van der Waals surface area contributed by atoms with Crippen molar-refractivity contribution in [3.63, 3.8) is 0 Å². The number of benzene rings is 1. The van der Waals surface area contributed by atoms with Crippen molar-refractivity contribution in [3.05, 3.63) is 47.1 Å². The Morgan fingerprint density at radius 2 is 2.00 bits per heavy atom. The van der Waals surface area contributed by atoms with Crippen LogP contribution in [0, 0.1) is 0 Å². The number of hydrogen-bond donors (Lipinski definition) is 0. The highest BCUT2D eigenvalue weighted by molar-refractivity contribution is 7.15. The predicted octanol–water partition coefficient (Wildman–Crippen LogP) is 3.93. The van der Waals surface area contributed by atoms with Gasteiger partial charge in [0.25, 0.3) is 0 Å². The van der Waals surface area contributed by atoms with Crippen LogP contribution in [0.3, 0.4) is 0 Å². The number of pyridine rings is 1. The molecule has 0 spiro atoms. The van der Waals surface area contributed by atoms with Gasteiger partial charge in [-0.2, -0.15) is 0 Å². The van der Waals surface area contributed by atoms with E-state index in [2.05, 4.69) is 38.9 Å². The molecule has 26 heavy (non-hydrogen) atoms. The Hall–Kier alpha value is -2.18. The van der Waals surface area contributed by atoms with Crippen LogP contribution < -0.4 is 9.64 Å². The maximum atomic E-state index is 5.45. The van der Waals surface area contributed by atoms with Crippen molar-refractivity contribution in [2.45, 2.75) is 25.9 Å². The summed E-state index contributed by atoms with van der Waals surface area (Å²) in [6, 6.07) is 8.25. The summed E-state index contributed by atoms with van der Waals surface area (Å²) in [6.45, 7) is 4.06. The summed E-state index contributed by atoms with van der Waals surface area (Å²) in [4.78, 5) is 15.2. The number of ether oxygens (including phenoxy) is 1. The molecule has 0 unspecified atom stereocenters. The van der Waals surface area contributed by atoms with Gasteiger partial charge in [0.05, 0.1) is 7.11 Å². The monoisotopic (exact) mass is 368 g/mol. The summed E-state index contributed by atoms with van der Waals surface area (Å²) in [5, 5.41) is 2.32. The Morgan fingerprint density at radius 1 is 1.15 bits per heavy atom. The van der Waals surface area contributed by atoms with E-state index in [0.29, 0.717) is 0 Å². The average molecular weight is 369 g/mol. The quantitative estimate of drug-likeness (QED) is 0.659. The van der Waals surface area contributed by atoms with Gasteiger partial charge in [-0.15, -0.1) is 11.3 Å². The van der Waals surface area contributed by atoms with Crippen molar-refractivity contribution in [3.8, 4) is 5.75 Å². The molecule has 1 fully saturated rings.